The van der Waals surface area contributed by atoms with E-state index in [1.165, 1.54) is 12.1 Å². The Bertz CT molecular complexity index is 1350. The van der Waals surface area contributed by atoms with Crippen molar-refractivity contribution >= 4 is 11.4 Å². The van der Waals surface area contributed by atoms with Crippen LogP contribution in [0.25, 0.3) is 33.4 Å². The largest absolute Gasteiger partial charge is 0.277 e. The van der Waals surface area contributed by atoms with Gasteiger partial charge in [-0.1, -0.05) is 62.4 Å². The zero-order valence-electron chi connectivity index (χ0n) is 18.8. The van der Waals surface area contributed by atoms with Crippen molar-refractivity contribution in [3.05, 3.63) is 116 Å². The minimum absolute atomic E-state index is 0.0912. The highest BCUT2D eigenvalue weighted by Crippen LogP contribution is 2.49. The number of hydrogen-bond donors (Lipinski definition) is 0. The van der Waals surface area contributed by atoms with E-state index in [-0.39, 0.29) is 33.1 Å². The third kappa shape index (κ3) is 3.44. The number of hydrogen-bond acceptors (Lipinski definition) is 4. The monoisotopic (exact) mass is 450 g/mol. The van der Waals surface area contributed by atoms with Gasteiger partial charge in [0.05, 0.1) is 21.0 Å². The highest BCUT2D eigenvalue weighted by atomic mass is 16.6. The van der Waals surface area contributed by atoms with E-state index < -0.39 is 0 Å². The van der Waals surface area contributed by atoms with Gasteiger partial charge in [-0.15, -0.1) is 0 Å². The van der Waals surface area contributed by atoms with E-state index in [9.17, 15) is 20.2 Å². The summed E-state index contributed by atoms with van der Waals surface area (Å²) in [6.45, 7) is 4.32. The van der Waals surface area contributed by atoms with Gasteiger partial charge in [0.15, 0.2) is 0 Å². The van der Waals surface area contributed by atoms with Gasteiger partial charge < -0.3 is 0 Å². The molecule has 2 atom stereocenters. The van der Waals surface area contributed by atoms with E-state index >= 15 is 0 Å². The van der Waals surface area contributed by atoms with Crippen molar-refractivity contribution in [3.8, 4) is 33.4 Å². The van der Waals surface area contributed by atoms with Crippen molar-refractivity contribution in [2.24, 2.45) is 0 Å². The molecular weight excluding hydrogens is 428 g/mol. The molecule has 4 aromatic rings. The molecule has 0 aromatic heterocycles. The fraction of sp³-hybridized carbons (Fsp3) is 0.143. The van der Waals surface area contributed by atoms with Crippen LogP contribution in [0, 0.1) is 20.2 Å². The SMILES string of the molecule is CC1c2cc(-c3ccccc3[N+](=O)[O-])ccc2-c2ccc(-c3ccccc3[N+](=O)[O-])cc2C1C. The van der Waals surface area contributed by atoms with E-state index in [4.69, 9.17) is 0 Å². The van der Waals surface area contributed by atoms with Crippen LogP contribution in [-0.4, -0.2) is 9.85 Å². The molecule has 5 rings (SSSR count). The average Bonchev–Trinajstić information content (AvgIpc) is 2.86. The standard InChI is InChI=1S/C28H22N2O4/c1-17-18(2)26-16-20(22-8-4-6-10-28(22)30(33)34)12-14-24(26)23-13-11-19(15-25(17)23)21-7-3-5-9-27(21)29(31)32/h3-18H,1-2H3. The average molecular weight is 450 g/mol. The predicted octanol–water partition coefficient (Wildman–Crippen LogP) is 7.72. The lowest BCUT2D eigenvalue weighted by molar-refractivity contribution is -0.384. The van der Waals surface area contributed by atoms with Crippen molar-refractivity contribution in [2.75, 3.05) is 0 Å². The van der Waals surface area contributed by atoms with Gasteiger partial charge in [-0.05, 0) is 69.5 Å². The third-order valence-corrected chi connectivity index (χ3v) is 6.95. The second-order valence-corrected chi connectivity index (χ2v) is 8.73. The quantitative estimate of drug-likeness (QED) is 0.235. The summed E-state index contributed by atoms with van der Waals surface area (Å²) >= 11 is 0. The summed E-state index contributed by atoms with van der Waals surface area (Å²) in [5.41, 5.74) is 7.52. The fourth-order valence-corrected chi connectivity index (χ4v) is 5.00. The van der Waals surface area contributed by atoms with Gasteiger partial charge in [0.2, 0.25) is 0 Å². The summed E-state index contributed by atoms with van der Waals surface area (Å²) in [5, 5.41) is 23.1. The molecular formula is C28H22N2O4. The van der Waals surface area contributed by atoms with Crippen LogP contribution in [0.3, 0.4) is 0 Å². The van der Waals surface area contributed by atoms with Crippen LogP contribution in [0.4, 0.5) is 11.4 Å². The zero-order valence-corrected chi connectivity index (χ0v) is 18.8. The lowest BCUT2D eigenvalue weighted by Gasteiger charge is -2.32. The van der Waals surface area contributed by atoms with E-state index in [1.807, 2.05) is 36.4 Å². The number of para-hydroxylation sites is 2. The van der Waals surface area contributed by atoms with Gasteiger partial charge in [0.25, 0.3) is 11.4 Å². The molecule has 0 N–H and O–H groups in total. The molecule has 1 aliphatic rings. The number of nitro groups is 2. The Kier molecular flexibility index (Phi) is 5.21. The maximum absolute atomic E-state index is 11.5. The smallest absolute Gasteiger partial charge is 0.258 e. The Morgan fingerprint density at radius 2 is 0.941 bits per heavy atom. The summed E-state index contributed by atoms with van der Waals surface area (Å²) in [7, 11) is 0. The molecule has 0 spiro atoms. The Hall–Kier alpha value is -4.32. The van der Waals surface area contributed by atoms with E-state index in [0.29, 0.717) is 11.1 Å². The van der Waals surface area contributed by atoms with Crippen LogP contribution < -0.4 is 0 Å². The first-order valence-corrected chi connectivity index (χ1v) is 11.1. The number of benzene rings is 4. The number of nitro benzene ring substituents is 2. The van der Waals surface area contributed by atoms with Crippen molar-refractivity contribution in [3.63, 3.8) is 0 Å². The predicted molar refractivity (Wildman–Crippen MR) is 133 cm³/mol. The minimum Gasteiger partial charge on any atom is -0.258 e. The first kappa shape index (κ1) is 21.5. The number of fused-ring (bicyclic) bond motifs is 3. The van der Waals surface area contributed by atoms with Crippen LogP contribution in [0.1, 0.15) is 36.8 Å². The minimum atomic E-state index is -0.347. The molecule has 1 aliphatic carbocycles. The van der Waals surface area contributed by atoms with Gasteiger partial charge in [0, 0.05) is 12.1 Å². The first-order valence-electron chi connectivity index (χ1n) is 11.1. The Labute approximate surface area is 196 Å². The van der Waals surface area contributed by atoms with Crippen molar-refractivity contribution in [1.29, 1.82) is 0 Å². The fourth-order valence-electron chi connectivity index (χ4n) is 5.00. The topological polar surface area (TPSA) is 86.3 Å². The Balaban J connectivity index is 1.64. The first-order chi connectivity index (χ1) is 16.4. The second kappa shape index (κ2) is 8.23. The molecule has 2 unspecified atom stereocenters. The van der Waals surface area contributed by atoms with E-state index in [2.05, 4.69) is 26.0 Å². The van der Waals surface area contributed by atoms with Crippen molar-refractivity contribution in [2.45, 2.75) is 25.7 Å². The second-order valence-electron chi connectivity index (χ2n) is 8.73. The van der Waals surface area contributed by atoms with Gasteiger partial charge >= 0.3 is 0 Å². The van der Waals surface area contributed by atoms with Crippen LogP contribution in [-0.2, 0) is 0 Å². The molecule has 0 fully saturated rings. The van der Waals surface area contributed by atoms with Gasteiger partial charge in [-0.25, -0.2) is 0 Å². The van der Waals surface area contributed by atoms with Crippen LogP contribution in [0.15, 0.2) is 84.9 Å². The van der Waals surface area contributed by atoms with Crippen LogP contribution >= 0.6 is 0 Å². The molecule has 168 valence electrons. The molecule has 34 heavy (non-hydrogen) atoms. The molecule has 0 heterocycles. The van der Waals surface area contributed by atoms with E-state index in [1.54, 1.807) is 24.3 Å². The Morgan fingerprint density at radius 1 is 0.559 bits per heavy atom. The molecule has 0 aliphatic heterocycles. The van der Waals surface area contributed by atoms with Gasteiger partial charge in [-0.2, -0.15) is 0 Å². The molecule has 6 heteroatoms. The summed E-state index contributed by atoms with van der Waals surface area (Å²) < 4.78 is 0. The maximum atomic E-state index is 11.5. The number of nitrogens with zero attached hydrogens (tertiary/aromatic N) is 2. The number of rotatable bonds is 4. The molecule has 0 amide bonds. The van der Waals surface area contributed by atoms with Crippen LogP contribution in [0.5, 0.6) is 0 Å². The highest BCUT2D eigenvalue weighted by molar-refractivity contribution is 5.84. The van der Waals surface area contributed by atoms with E-state index in [0.717, 1.165) is 33.4 Å². The summed E-state index contributed by atoms with van der Waals surface area (Å²) in [6, 6.07) is 25.7. The summed E-state index contributed by atoms with van der Waals surface area (Å²) in [5.74, 6) is 0.345. The molecule has 0 bridgehead atoms. The third-order valence-electron chi connectivity index (χ3n) is 6.95. The lowest BCUT2D eigenvalue weighted by atomic mass is 9.72. The molecule has 0 saturated heterocycles. The molecule has 0 radical (unpaired) electrons. The van der Waals surface area contributed by atoms with Crippen LogP contribution in [0.2, 0.25) is 0 Å². The highest BCUT2D eigenvalue weighted by Gasteiger charge is 2.29. The molecule has 6 nitrogen and oxygen atoms in total. The lowest BCUT2D eigenvalue weighted by Crippen LogP contribution is -2.13. The van der Waals surface area contributed by atoms with Gasteiger partial charge in [0.1, 0.15) is 0 Å². The zero-order chi connectivity index (χ0) is 24.0. The normalized spacial score (nSPS) is 16.4. The summed E-state index contributed by atoms with van der Waals surface area (Å²) in [4.78, 5) is 22.4. The maximum Gasteiger partial charge on any atom is 0.277 e. The van der Waals surface area contributed by atoms with Crippen molar-refractivity contribution in [1.82, 2.24) is 0 Å². The van der Waals surface area contributed by atoms with Gasteiger partial charge in [-0.3, -0.25) is 20.2 Å². The molecule has 4 aromatic carbocycles. The molecule has 0 saturated carbocycles. The Morgan fingerprint density at radius 3 is 1.32 bits per heavy atom. The van der Waals surface area contributed by atoms with Crippen molar-refractivity contribution < 1.29 is 9.85 Å². The summed E-state index contributed by atoms with van der Waals surface area (Å²) in [6.07, 6.45) is 0.